The van der Waals surface area contributed by atoms with E-state index in [2.05, 4.69) is 15.6 Å². The van der Waals surface area contributed by atoms with E-state index >= 15 is 0 Å². The number of pyridine rings is 1. The zero-order chi connectivity index (χ0) is 19.4. The lowest BCUT2D eigenvalue weighted by atomic mass is 10.2. The Morgan fingerprint density at radius 2 is 1.63 bits per heavy atom. The maximum atomic E-state index is 13.2. The van der Waals surface area contributed by atoms with E-state index in [1.54, 1.807) is 6.07 Å². The number of rotatable bonds is 4. The molecule has 0 atom stereocenters. The fourth-order valence-electron chi connectivity index (χ4n) is 2.27. The Hall–Kier alpha value is -3.42. The molecule has 0 spiro atoms. The molecule has 1 aromatic heterocycles. The summed E-state index contributed by atoms with van der Waals surface area (Å²) >= 11 is 0. The summed E-state index contributed by atoms with van der Waals surface area (Å²) in [4.78, 5) is 16.1. The maximum absolute atomic E-state index is 13.2. The highest BCUT2D eigenvalue weighted by molar-refractivity contribution is 6.03. The number of hydrogen-bond donors (Lipinski definition) is 2. The molecular formula is C19H13F4N3O. The Labute approximate surface area is 151 Å². The third-order valence-electron chi connectivity index (χ3n) is 3.59. The average Bonchev–Trinajstić information content (AvgIpc) is 2.63. The second-order valence-corrected chi connectivity index (χ2v) is 5.60. The number of carbonyl (C=O) groups excluding carboxylic acids is 1. The van der Waals surface area contributed by atoms with Crippen LogP contribution in [0.3, 0.4) is 0 Å². The smallest absolute Gasteiger partial charge is 0.354 e. The topological polar surface area (TPSA) is 54.0 Å². The Balaban J connectivity index is 1.64. The summed E-state index contributed by atoms with van der Waals surface area (Å²) in [6.45, 7) is 0. The largest absolute Gasteiger partial charge is 0.416 e. The van der Waals surface area contributed by atoms with Crippen molar-refractivity contribution in [2.45, 2.75) is 6.18 Å². The van der Waals surface area contributed by atoms with Gasteiger partial charge >= 0.3 is 6.18 Å². The number of carbonyl (C=O) groups is 1. The fourth-order valence-corrected chi connectivity index (χ4v) is 2.27. The van der Waals surface area contributed by atoms with Crippen LogP contribution in [-0.2, 0) is 6.18 Å². The van der Waals surface area contributed by atoms with Crippen LogP contribution in [0.2, 0.25) is 0 Å². The van der Waals surface area contributed by atoms with Gasteiger partial charge in [-0.1, -0.05) is 6.07 Å². The molecule has 0 radical (unpaired) electrons. The molecule has 0 aliphatic rings. The van der Waals surface area contributed by atoms with Crippen molar-refractivity contribution in [3.8, 4) is 0 Å². The summed E-state index contributed by atoms with van der Waals surface area (Å²) in [5.41, 5.74) is 0.408. The number of benzene rings is 2. The van der Waals surface area contributed by atoms with Crippen LogP contribution in [0.15, 0.2) is 66.9 Å². The lowest BCUT2D eigenvalue weighted by Crippen LogP contribution is -2.13. The maximum Gasteiger partial charge on any atom is 0.416 e. The van der Waals surface area contributed by atoms with Crippen molar-refractivity contribution in [3.05, 3.63) is 83.8 Å². The number of nitrogens with one attached hydrogen (secondary N) is 2. The van der Waals surface area contributed by atoms with Crippen LogP contribution in [0.5, 0.6) is 0 Å². The third-order valence-corrected chi connectivity index (χ3v) is 3.59. The molecule has 0 unspecified atom stereocenters. The fraction of sp³-hybridized carbons (Fsp3) is 0.0526. The van der Waals surface area contributed by atoms with E-state index in [1.165, 1.54) is 42.6 Å². The number of hydrogen-bond acceptors (Lipinski definition) is 3. The number of amides is 1. The van der Waals surface area contributed by atoms with Gasteiger partial charge in [-0.3, -0.25) is 4.79 Å². The van der Waals surface area contributed by atoms with E-state index in [-0.39, 0.29) is 11.4 Å². The van der Waals surface area contributed by atoms with Crippen LogP contribution >= 0.6 is 0 Å². The van der Waals surface area contributed by atoms with Gasteiger partial charge in [0.15, 0.2) is 0 Å². The first-order chi connectivity index (χ1) is 12.8. The molecule has 0 aliphatic heterocycles. The van der Waals surface area contributed by atoms with Crippen LogP contribution in [0, 0.1) is 5.82 Å². The normalized spacial score (nSPS) is 11.1. The highest BCUT2D eigenvalue weighted by Crippen LogP contribution is 2.30. The van der Waals surface area contributed by atoms with Gasteiger partial charge in [-0.25, -0.2) is 9.37 Å². The molecule has 0 saturated carbocycles. The van der Waals surface area contributed by atoms with Gasteiger partial charge < -0.3 is 10.6 Å². The summed E-state index contributed by atoms with van der Waals surface area (Å²) in [5.74, 6) is -0.778. The van der Waals surface area contributed by atoms with Gasteiger partial charge in [-0.05, 0) is 54.6 Å². The van der Waals surface area contributed by atoms with Gasteiger partial charge in [0, 0.05) is 11.3 Å². The van der Waals surface area contributed by atoms with Gasteiger partial charge in [0.25, 0.3) is 5.91 Å². The molecule has 0 saturated heterocycles. The van der Waals surface area contributed by atoms with E-state index in [0.717, 1.165) is 18.2 Å². The van der Waals surface area contributed by atoms with Crippen LogP contribution < -0.4 is 10.6 Å². The number of anilines is 3. The van der Waals surface area contributed by atoms with E-state index in [1.807, 2.05) is 0 Å². The van der Waals surface area contributed by atoms with E-state index < -0.39 is 23.5 Å². The van der Waals surface area contributed by atoms with Crippen molar-refractivity contribution in [2.75, 3.05) is 10.6 Å². The molecule has 138 valence electrons. The molecular weight excluding hydrogens is 362 g/mol. The third kappa shape index (κ3) is 4.81. The van der Waals surface area contributed by atoms with Crippen LogP contribution in [0.1, 0.15) is 15.9 Å². The number of halogens is 4. The Morgan fingerprint density at radius 3 is 2.22 bits per heavy atom. The van der Waals surface area contributed by atoms with Gasteiger partial charge in [-0.15, -0.1) is 0 Å². The number of alkyl halides is 3. The van der Waals surface area contributed by atoms with Crippen LogP contribution in [-0.4, -0.2) is 10.9 Å². The van der Waals surface area contributed by atoms with Gasteiger partial charge in [0.05, 0.1) is 17.4 Å². The molecule has 0 aliphatic carbocycles. The minimum atomic E-state index is -4.39. The van der Waals surface area contributed by atoms with Crippen LogP contribution in [0.4, 0.5) is 34.8 Å². The summed E-state index contributed by atoms with van der Waals surface area (Å²) in [5, 5.41) is 5.44. The number of nitrogens with zero attached hydrogens (tertiary/aromatic N) is 1. The average molecular weight is 375 g/mol. The van der Waals surface area contributed by atoms with Gasteiger partial charge in [0.1, 0.15) is 11.6 Å². The van der Waals surface area contributed by atoms with E-state index in [0.29, 0.717) is 11.4 Å². The highest BCUT2D eigenvalue weighted by atomic mass is 19.4. The molecule has 2 aromatic carbocycles. The Bertz CT molecular complexity index is 938. The first-order valence-corrected chi connectivity index (χ1v) is 7.78. The predicted molar refractivity (Wildman–Crippen MR) is 93.3 cm³/mol. The van der Waals surface area contributed by atoms with Crippen molar-refractivity contribution in [3.63, 3.8) is 0 Å². The summed E-state index contributed by atoms with van der Waals surface area (Å²) < 4.78 is 50.8. The first kappa shape index (κ1) is 18.4. The standard InChI is InChI=1S/C19H13F4N3O/c20-14-3-1-2-12(10-14)18(27)26-17-9-8-16(11-24-17)25-15-6-4-13(5-7-15)19(21,22)23/h1-11,25H,(H,24,26,27). The molecule has 4 nitrogen and oxygen atoms in total. The molecule has 8 heteroatoms. The second-order valence-electron chi connectivity index (χ2n) is 5.60. The zero-order valence-corrected chi connectivity index (χ0v) is 13.7. The Kier molecular flexibility index (Phi) is 5.07. The molecule has 0 bridgehead atoms. The Morgan fingerprint density at radius 1 is 0.926 bits per heavy atom. The zero-order valence-electron chi connectivity index (χ0n) is 13.7. The molecule has 3 rings (SSSR count). The first-order valence-electron chi connectivity index (χ1n) is 7.78. The number of aromatic nitrogens is 1. The molecule has 0 fully saturated rings. The van der Waals surface area contributed by atoms with Gasteiger partial charge in [-0.2, -0.15) is 13.2 Å². The molecule has 27 heavy (non-hydrogen) atoms. The SMILES string of the molecule is O=C(Nc1ccc(Nc2ccc(C(F)(F)F)cc2)cn1)c1cccc(F)c1. The monoisotopic (exact) mass is 375 g/mol. The summed E-state index contributed by atoms with van der Waals surface area (Å²) in [6.07, 6.45) is -2.97. The van der Waals surface area contributed by atoms with Crippen molar-refractivity contribution in [2.24, 2.45) is 0 Å². The highest BCUT2D eigenvalue weighted by Gasteiger charge is 2.29. The van der Waals surface area contributed by atoms with Crippen molar-refractivity contribution in [1.82, 2.24) is 4.98 Å². The quantitative estimate of drug-likeness (QED) is 0.614. The van der Waals surface area contributed by atoms with E-state index in [9.17, 15) is 22.4 Å². The van der Waals surface area contributed by atoms with E-state index in [4.69, 9.17) is 0 Å². The van der Waals surface area contributed by atoms with Crippen LogP contribution in [0.25, 0.3) is 0 Å². The molecule has 3 aromatic rings. The second kappa shape index (κ2) is 7.45. The minimum Gasteiger partial charge on any atom is -0.354 e. The minimum absolute atomic E-state index is 0.156. The van der Waals surface area contributed by atoms with Crippen molar-refractivity contribution in [1.29, 1.82) is 0 Å². The van der Waals surface area contributed by atoms with Gasteiger partial charge in [0.2, 0.25) is 0 Å². The lowest BCUT2D eigenvalue weighted by Gasteiger charge is -2.10. The predicted octanol–water partition coefficient (Wildman–Crippen LogP) is 5.24. The molecule has 2 N–H and O–H groups in total. The van der Waals surface area contributed by atoms with Crippen molar-refractivity contribution >= 4 is 23.1 Å². The molecule has 1 heterocycles. The summed E-state index contributed by atoms with van der Waals surface area (Å²) in [7, 11) is 0. The lowest BCUT2D eigenvalue weighted by molar-refractivity contribution is -0.137. The van der Waals surface area contributed by atoms with Crippen molar-refractivity contribution < 1.29 is 22.4 Å². The molecule has 1 amide bonds. The summed E-state index contributed by atoms with van der Waals surface area (Å²) in [6, 6.07) is 12.9.